The summed E-state index contributed by atoms with van der Waals surface area (Å²) in [7, 11) is -2.00. The lowest BCUT2D eigenvalue weighted by Gasteiger charge is -2.26. The van der Waals surface area contributed by atoms with Gasteiger partial charge in [0.05, 0.1) is 12.0 Å². The van der Waals surface area contributed by atoms with Crippen LogP contribution in [0, 0.1) is 10.1 Å². The van der Waals surface area contributed by atoms with Crippen molar-refractivity contribution in [2.75, 3.05) is 14.2 Å². The summed E-state index contributed by atoms with van der Waals surface area (Å²) in [6, 6.07) is 10.7. The van der Waals surface area contributed by atoms with E-state index in [0.717, 1.165) is 23.5 Å². The minimum absolute atomic E-state index is 0.0127. The molecule has 0 heterocycles. The number of hydrogen-bond acceptors (Lipinski definition) is 7. The highest BCUT2D eigenvalue weighted by atomic mass is 32.2. The minimum Gasteiger partial charge on any atom is -0.488 e. The second-order valence-corrected chi connectivity index (χ2v) is 9.81. The van der Waals surface area contributed by atoms with Crippen LogP contribution >= 0.6 is 0 Å². The molecule has 2 aromatic rings. The zero-order valence-corrected chi connectivity index (χ0v) is 18.9. The fourth-order valence-electron chi connectivity index (χ4n) is 2.92. The van der Waals surface area contributed by atoms with E-state index < -0.39 is 37.5 Å². The van der Waals surface area contributed by atoms with Gasteiger partial charge in [-0.1, -0.05) is 24.3 Å². The third-order valence-corrected chi connectivity index (χ3v) is 6.32. The van der Waals surface area contributed by atoms with Gasteiger partial charge in [0.2, 0.25) is 10.0 Å². The molecule has 0 saturated heterocycles. The van der Waals surface area contributed by atoms with Gasteiger partial charge in [0.15, 0.2) is 4.90 Å². The molecule has 10 heteroatoms. The van der Waals surface area contributed by atoms with E-state index in [-0.39, 0.29) is 12.0 Å². The number of rotatable bonds is 8. The number of hydrogen-bond donors (Lipinski definition) is 0. The molecule has 2 rings (SSSR count). The van der Waals surface area contributed by atoms with Crippen LogP contribution in [0.15, 0.2) is 53.4 Å². The average Bonchev–Trinajstić information content (AvgIpc) is 2.71. The van der Waals surface area contributed by atoms with E-state index in [9.17, 15) is 23.3 Å². The number of ether oxygens (including phenoxy) is 2. The first-order valence-electron chi connectivity index (χ1n) is 9.44. The highest BCUT2D eigenvalue weighted by Crippen LogP contribution is 2.28. The molecular weight excluding hydrogens is 424 g/mol. The number of benzene rings is 2. The molecule has 0 saturated carbocycles. The topological polar surface area (TPSA) is 116 Å². The summed E-state index contributed by atoms with van der Waals surface area (Å²) in [5.41, 5.74) is -0.280. The van der Waals surface area contributed by atoms with E-state index in [4.69, 9.17) is 9.47 Å². The number of esters is 1. The van der Waals surface area contributed by atoms with Gasteiger partial charge < -0.3 is 9.47 Å². The maximum Gasteiger partial charge on any atom is 0.324 e. The summed E-state index contributed by atoms with van der Waals surface area (Å²) in [4.78, 5) is 22.4. The third kappa shape index (κ3) is 6.02. The molecule has 0 aromatic heterocycles. The summed E-state index contributed by atoms with van der Waals surface area (Å²) in [5, 5.41) is 11.3. The molecule has 0 bridgehead atoms. The molecule has 0 amide bonds. The molecular formula is C21H26N2O7S. The largest absolute Gasteiger partial charge is 0.488 e. The molecule has 0 spiro atoms. The molecule has 1 atom stereocenters. The Morgan fingerprint density at radius 2 is 1.71 bits per heavy atom. The predicted octanol–water partition coefficient (Wildman–Crippen LogP) is 3.18. The van der Waals surface area contributed by atoms with E-state index in [0.29, 0.717) is 11.3 Å². The Kier molecular flexibility index (Phi) is 7.40. The quantitative estimate of drug-likeness (QED) is 0.344. The van der Waals surface area contributed by atoms with Crippen LogP contribution in [0.1, 0.15) is 26.3 Å². The Bertz CT molecular complexity index is 1040. The SMILES string of the molecule is COC(=O)[C@H](Cc1ccc(OC(C)(C)C)cc1)N(C)S(=O)(=O)c1ccccc1[N+](=O)[O-]. The summed E-state index contributed by atoms with van der Waals surface area (Å²) >= 11 is 0. The molecule has 0 N–H and O–H groups in total. The maximum absolute atomic E-state index is 13.1. The van der Waals surface area contributed by atoms with Crippen molar-refractivity contribution < 1.29 is 27.6 Å². The van der Waals surface area contributed by atoms with Crippen molar-refractivity contribution in [3.8, 4) is 5.75 Å². The smallest absolute Gasteiger partial charge is 0.324 e. The Morgan fingerprint density at radius 1 is 1.13 bits per heavy atom. The number of para-hydroxylation sites is 1. The van der Waals surface area contributed by atoms with E-state index in [1.165, 1.54) is 19.2 Å². The number of nitro groups is 1. The van der Waals surface area contributed by atoms with E-state index in [2.05, 4.69) is 0 Å². The first-order valence-corrected chi connectivity index (χ1v) is 10.9. The van der Waals surface area contributed by atoms with E-state index in [1.54, 1.807) is 24.3 Å². The van der Waals surface area contributed by atoms with Gasteiger partial charge in [-0.05, 0) is 51.0 Å². The zero-order valence-electron chi connectivity index (χ0n) is 18.1. The van der Waals surface area contributed by atoms with Gasteiger partial charge in [-0.2, -0.15) is 4.31 Å². The number of carbonyl (C=O) groups excluding carboxylic acids is 1. The van der Waals surface area contributed by atoms with Crippen LogP contribution < -0.4 is 4.74 Å². The van der Waals surface area contributed by atoms with Crippen LogP contribution in [-0.2, 0) is 26.0 Å². The molecule has 9 nitrogen and oxygen atoms in total. The Labute approximate surface area is 181 Å². The number of likely N-dealkylation sites (N-methyl/N-ethyl adjacent to an activating group) is 1. The lowest BCUT2D eigenvalue weighted by atomic mass is 10.1. The van der Waals surface area contributed by atoms with Gasteiger partial charge in [-0.3, -0.25) is 14.9 Å². The van der Waals surface area contributed by atoms with Gasteiger partial charge >= 0.3 is 5.97 Å². The highest BCUT2D eigenvalue weighted by molar-refractivity contribution is 7.89. The van der Waals surface area contributed by atoms with Crippen LogP contribution in [0.25, 0.3) is 0 Å². The summed E-state index contributed by atoms with van der Waals surface area (Å²) in [6.45, 7) is 5.74. The molecule has 0 radical (unpaired) electrons. The fourth-order valence-corrected chi connectivity index (χ4v) is 4.38. The monoisotopic (exact) mass is 450 g/mol. The first-order chi connectivity index (χ1) is 14.4. The number of sulfonamides is 1. The summed E-state index contributed by atoms with van der Waals surface area (Å²) in [5.74, 6) is -0.147. The lowest BCUT2D eigenvalue weighted by molar-refractivity contribution is -0.387. The second kappa shape index (κ2) is 9.44. The second-order valence-electron chi connectivity index (χ2n) is 7.85. The van der Waals surface area contributed by atoms with Crippen LogP contribution in [0.2, 0.25) is 0 Å². The molecule has 0 aliphatic carbocycles. The summed E-state index contributed by atoms with van der Waals surface area (Å²) in [6.07, 6.45) is 0.0127. The van der Waals surface area contributed by atoms with Gasteiger partial charge in [0, 0.05) is 13.1 Å². The van der Waals surface area contributed by atoms with E-state index in [1.807, 2.05) is 20.8 Å². The maximum atomic E-state index is 13.1. The van der Waals surface area contributed by atoms with Gasteiger partial charge in [-0.25, -0.2) is 8.42 Å². The zero-order chi connectivity index (χ0) is 23.4. The number of nitrogens with zero attached hydrogens (tertiary/aromatic N) is 2. The van der Waals surface area contributed by atoms with Crippen molar-refractivity contribution in [2.24, 2.45) is 0 Å². The highest BCUT2D eigenvalue weighted by Gasteiger charge is 2.37. The van der Waals surface area contributed by atoms with Crippen LogP contribution in [0.5, 0.6) is 5.75 Å². The molecule has 0 unspecified atom stereocenters. The van der Waals surface area contributed by atoms with Gasteiger partial charge in [-0.15, -0.1) is 0 Å². The number of carbonyl (C=O) groups is 1. The fraction of sp³-hybridized carbons (Fsp3) is 0.381. The lowest BCUT2D eigenvalue weighted by Crippen LogP contribution is -2.44. The minimum atomic E-state index is -4.36. The summed E-state index contributed by atoms with van der Waals surface area (Å²) < 4.78 is 37.6. The standard InChI is InChI=1S/C21H26N2O7S/c1-21(2,3)30-16-12-10-15(11-13-16)14-18(20(24)29-5)22(4)31(27,28)19-9-7-6-8-17(19)23(25)26/h6-13,18H,14H2,1-5H3/t18-/m0/s1. The number of methoxy groups -OCH3 is 1. The van der Waals surface area contributed by atoms with Crippen molar-refractivity contribution in [3.05, 3.63) is 64.2 Å². The third-order valence-electron chi connectivity index (χ3n) is 4.41. The van der Waals surface area contributed by atoms with Crippen LogP contribution in [-0.4, -0.2) is 49.4 Å². The molecule has 0 aliphatic rings. The number of nitro benzene ring substituents is 1. The van der Waals surface area contributed by atoms with Crippen molar-refractivity contribution in [1.29, 1.82) is 0 Å². The molecule has 168 valence electrons. The van der Waals surface area contributed by atoms with Crippen LogP contribution in [0.3, 0.4) is 0 Å². The van der Waals surface area contributed by atoms with Crippen LogP contribution in [0.4, 0.5) is 5.69 Å². The van der Waals surface area contributed by atoms with Crippen molar-refractivity contribution in [2.45, 2.75) is 43.7 Å². The Hall–Kier alpha value is -2.98. The predicted molar refractivity (Wildman–Crippen MR) is 114 cm³/mol. The van der Waals surface area contributed by atoms with E-state index >= 15 is 0 Å². The molecule has 0 aliphatic heterocycles. The molecule has 2 aromatic carbocycles. The van der Waals surface area contributed by atoms with Crippen molar-refractivity contribution >= 4 is 21.7 Å². The van der Waals surface area contributed by atoms with Gasteiger partial charge in [0.1, 0.15) is 17.4 Å². The first kappa shape index (κ1) is 24.3. The normalized spacial score (nSPS) is 13.0. The Balaban J connectivity index is 2.36. The van der Waals surface area contributed by atoms with Crippen molar-refractivity contribution in [1.82, 2.24) is 4.31 Å². The average molecular weight is 451 g/mol. The Morgan fingerprint density at radius 3 is 2.23 bits per heavy atom. The molecule has 0 fully saturated rings. The molecule has 31 heavy (non-hydrogen) atoms. The van der Waals surface area contributed by atoms with Crippen molar-refractivity contribution in [3.63, 3.8) is 0 Å². The van der Waals surface area contributed by atoms with Gasteiger partial charge in [0.25, 0.3) is 5.69 Å².